The van der Waals surface area contributed by atoms with Gasteiger partial charge in [-0.1, -0.05) is 30.3 Å². The van der Waals surface area contributed by atoms with Crippen molar-refractivity contribution in [2.24, 2.45) is 5.73 Å². The molecule has 4 rings (SSSR count). The molecule has 0 bridgehead atoms. The van der Waals surface area contributed by atoms with Crippen molar-refractivity contribution in [3.05, 3.63) is 54.0 Å². The van der Waals surface area contributed by atoms with Crippen LogP contribution in [-0.2, 0) is 0 Å². The molecule has 5 nitrogen and oxygen atoms in total. The Bertz CT molecular complexity index is 701. The van der Waals surface area contributed by atoms with Gasteiger partial charge in [-0.2, -0.15) is 0 Å². The minimum absolute atomic E-state index is 0. The number of benzene rings is 1. The van der Waals surface area contributed by atoms with Crippen molar-refractivity contribution in [3.63, 3.8) is 0 Å². The maximum atomic E-state index is 5.89. The van der Waals surface area contributed by atoms with Gasteiger partial charge < -0.3 is 16.0 Å². The molecule has 1 aromatic heterocycles. The normalized spacial score (nSPS) is 22.5. The lowest BCUT2D eigenvalue weighted by atomic mass is 9.79. The van der Waals surface area contributed by atoms with Gasteiger partial charge in [-0.25, -0.2) is 9.97 Å². The van der Waals surface area contributed by atoms with E-state index in [4.69, 9.17) is 5.73 Å². The van der Waals surface area contributed by atoms with E-state index >= 15 is 0 Å². The Morgan fingerprint density at radius 2 is 1.71 bits per heavy atom. The molecule has 1 saturated carbocycles. The van der Waals surface area contributed by atoms with Crippen LogP contribution < -0.4 is 11.1 Å². The predicted molar refractivity (Wildman–Crippen MR) is 120 cm³/mol. The molecule has 1 aliphatic heterocycles. The molecule has 1 saturated heterocycles. The van der Waals surface area contributed by atoms with Crippen molar-refractivity contribution in [2.75, 3.05) is 31.5 Å². The van der Waals surface area contributed by atoms with Crippen molar-refractivity contribution in [2.45, 2.75) is 43.6 Å². The number of hydrogen-bond donors (Lipinski definition) is 2. The second-order valence-corrected chi connectivity index (χ2v) is 7.71. The van der Waals surface area contributed by atoms with Gasteiger partial charge in [0.2, 0.25) is 0 Å². The Morgan fingerprint density at radius 3 is 2.39 bits per heavy atom. The van der Waals surface area contributed by atoms with Crippen LogP contribution >= 0.6 is 24.8 Å². The van der Waals surface area contributed by atoms with E-state index in [2.05, 4.69) is 56.6 Å². The maximum absolute atomic E-state index is 5.89. The van der Waals surface area contributed by atoms with Gasteiger partial charge in [0.25, 0.3) is 0 Å². The Balaban J connectivity index is 0.00000140. The predicted octanol–water partition coefficient (Wildman–Crippen LogP) is 3.82. The van der Waals surface area contributed by atoms with Crippen LogP contribution in [0.15, 0.2) is 42.7 Å². The van der Waals surface area contributed by atoms with Gasteiger partial charge in [-0.3, -0.25) is 0 Å². The number of anilines is 1. The summed E-state index contributed by atoms with van der Waals surface area (Å²) in [5.74, 6) is 2.18. The van der Waals surface area contributed by atoms with Crippen LogP contribution in [0.4, 0.5) is 5.82 Å². The fourth-order valence-electron chi connectivity index (χ4n) is 4.15. The minimum atomic E-state index is 0. The molecule has 0 unspecified atom stereocenters. The fraction of sp³-hybridized carbons (Fsp3) is 0.524. The summed E-state index contributed by atoms with van der Waals surface area (Å²) < 4.78 is 0. The molecule has 2 aromatic rings. The number of nitrogens with one attached hydrogen (secondary N) is 1. The zero-order valence-electron chi connectivity index (χ0n) is 16.2. The number of likely N-dealkylation sites (tertiary alicyclic amines) is 1. The number of piperidine rings is 1. The van der Waals surface area contributed by atoms with Gasteiger partial charge in [0.1, 0.15) is 12.1 Å². The molecule has 0 spiro atoms. The molecule has 0 atom stereocenters. The quantitative estimate of drug-likeness (QED) is 0.738. The molecule has 0 amide bonds. The van der Waals surface area contributed by atoms with E-state index in [1.54, 1.807) is 6.33 Å². The minimum Gasteiger partial charge on any atom is -0.369 e. The van der Waals surface area contributed by atoms with E-state index in [1.807, 2.05) is 0 Å². The van der Waals surface area contributed by atoms with Crippen LogP contribution in [0, 0.1) is 0 Å². The van der Waals surface area contributed by atoms with Gasteiger partial charge in [0.05, 0.1) is 0 Å². The molecule has 7 heteroatoms. The molecular weight excluding hydrogens is 393 g/mol. The maximum Gasteiger partial charge on any atom is 0.129 e. The molecule has 2 heterocycles. The van der Waals surface area contributed by atoms with E-state index < -0.39 is 0 Å². The Hall–Kier alpha value is -1.40. The molecular formula is C21H31Cl2N5. The van der Waals surface area contributed by atoms with Crippen molar-refractivity contribution >= 4 is 30.6 Å². The third kappa shape index (κ3) is 5.80. The Labute approximate surface area is 180 Å². The number of rotatable bonds is 6. The standard InChI is InChI=1S/C21H29N5.2ClH/c22-19-12-18(13-19)20-14-21(25-15-24-20)23-8-11-26-9-6-17(7-10-26)16-4-2-1-3-5-16;;/h1-5,14-15,17-19H,6-13,22H2,(H,23,24,25);2*1H. The largest absolute Gasteiger partial charge is 0.369 e. The highest BCUT2D eigenvalue weighted by Crippen LogP contribution is 2.34. The summed E-state index contributed by atoms with van der Waals surface area (Å²) in [5.41, 5.74) is 8.52. The molecule has 154 valence electrons. The molecule has 2 fully saturated rings. The average Bonchev–Trinajstić information content (AvgIpc) is 2.67. The zero-order chi connectivity index (χ0) is 17.8. The zero-order valence-corrected chi connectivity index (χ0v) is 17.8. The van der Waals surface area contributed by atoms with Crippen molar-refractivity contribution in [1.82, 2.24) is 14.9 Å². The second-order valence-electron chi connectivity index (χ2n) is 7.71. The highest BCUT2D eigenvalue weighted by molar-refractivity contribution is 5.85. The molecule has 1 aliphatic carbocycles. The summed E-state index contributed by atoms with van der Waals surface area (Å²) in [5, 5.41) is 3.47. The summed E-state index contributed by atoms with van der Waals surface area (Å²) in [4.78, 5) is 11.3. The number of halogens is 2. The second kappa shape index (κ2) is 11.0. The number of aromatic nitrogens is 2. The van der Waals surface area contributed by atoms with Crippen LogP contribution in [0.5, 0.6) is 0 Å². The van der Waals surface area contributed by atoms with Gasteiger partial charge in [0.15, 0.2) is 0 Å². The van der Waals surface area contributed by atoms with Crippen molar-refractivity contribution < 1.29 is 0 Å². The van der Waals surface area contributed by atoms with Gasteiger partial charge >= 0.3 is 0 Å². The van der Waals surface area contributed by atoms with E-state index in [-0.39, 0.29) is 24.8 Å². The number of hydrogen-bond acceptors (Lipinski definition) is 5. The third-order valence-corrected chi connectivity index (χ3v) is 5.87. The topological polar surface area (TPSA) is 67.1 Å². The molecule has 1 aromatic carbocycles. The van der Waals surface area contributed by atoms with Crippen LogP contribution in [0.3, 0.4) is 0 Å². The van der Waals surface area contributed by atoms with E-state index in [0.29, 0.717) is 12.0 Å². The first-order chi connectivity index (χ1) is 12.8. The average molecular weight is 424 g/mol. The summed E-state index contributed by atoms with van der Waals surface area (Å²) in [6.07, 6.45) is 6.28. The SMILES string of the molecule is Cl.Cl.NC1CC(c2cc(NCCN3CCC(c4ccccc4)CC3)ncn2)C1. The lowest BCUT2D eigenvalue weighted by molar-refractivity contribution is 0.219. The van der Waals surface area contributed by atoms with Crippen molar-refractivity contribution in [1.29, 1.82) is 0 Å². The fourth-order valence-corrected chi connectivity index (χ4v) is 4.15. The first kappa shape index (κ1) is 22.9. The number of nitrogens with two attached hydrogens (primary N) is 1. The van der Waals surface area contributed by atoms with Gasteiger partial charge in [-0.05, 0) is 50.3 Å². The van der Waals surface area contributed by atoms with Gasteiger partial charge in [-0.15, -0.1) is 24.8 Å². The van der Waals surface area contributed by atoms with Crippen LogP contribution in [0.25, 0.3) is 0 Å². The van der Waals surface area contributed by atoms with Crippen molar-refractivity contribution in [3.8, 4) is 0 Å². The molecule has 0 radical (unpaired) electrons. The van der Waals surface area contributed by atoms with E-state index in [1.165, 1.54) is 31.5 Å². The molecule has 2 aliphatic rings. The first-order valence-electron chi connectivity index (χ1n) is 9.86. The lowest BCUT2D eigenvalue weighted by Crippen LogP contribution is -2.36. The highest BCUT2D eigenvalue weighted by Gasteiger charge is 2.28. The van der Waals surface area contributed by atoms with E-state index in [0.717, 1.165) is 43.4 Å². The summed E-state index contributed by atoms with van der Waals surface area (Å²) in [6, 6.07) is 13.4. The monoisotopic (exact) mass is 423 g/mol. The van der Waals surface area contributed by atoms with Crippen LogP contribution in [0.1, 0.15) is 48.8 Å². The summed E-state index contributed by atoms with van der Waals surface area (Å²) >= 11 is 0. The first-order valence-corrected chi connectivity index (χ1v) is 9.86. The molecule has 28 heavy (non-hydrogen) atoms. The smallest absolute Gasteiger partial charge is 0.129 e. The Kier molecular flexibility index (Phi) is 8.96. The van der Waals surface area contributed by atoms with Gasteiger partial charge in [0, 0.05) is 36.8 Å². The Morgan fingerprint density at radius 1 is 1.00 bits per heavy atom. The summed E-state index contributed by atoms with van der Waals surface area (Å²) in [6.45, 7) is 4.35. The third-order valence-electron chi connectivity index (χ3n) is 5.87. The van der Waals surface area contributed by atoms with Crippen LogP contribution in [0.2, 0.25) is 0 Å². The molecule has 3 N–H and O–H groups in total. The van der Waals surface area contributed by atoms with E-state index in [9.17, 15) is 0 Å². The van der Waals surface area contributed by atoms with Crippen LogP contribution in [-0.4, -0.2) is 47.1 Å². The highest BCUT2D eigenvalue weighted by atomic mass is 35.5. The lowest BCUT2D eigenvalue weighted by Gasteiger charge is -2.32. The number of nitrogens with zero attached hydrogens (tertiary/aromatic N) is 3. The summed E-state index contributed by atoms with van der Waals surface area (Å²) in [7, 11) is 0.